The van der Waals surface area contributed by atoms with Gasteiger partial charge in [-0.3, -0.25) is 0 Å². The smallest absolute Gasteiger partial charge is 0.340 e. The van der Waals surface area contributed by atoms with Gasteiger partial charge < -0.3 is 9.64 Å². The molecule has 0 radical (unpaired) electrons. The van der Waals surface area contributed by atoms with Crippen LogP contribution < -0.4 is 4.90 Å². The SMILES string of the molecule is CCCCCCc1cccc(C(=O)OCC)c1N(C)C. The summed E-state index contributed by atoms with van der Waals surface area (Å²) < 4.78 is 5.15. The predicted molar refractivity (Wildman–Crippen MR) is 84.6 cm³/mol. The molecule has 0 bridgehead atoms. The molecule has 3 heteroatoms. The molecule has 0 aliphatic rings. The maximum absolute atomic E-state index is 12.0. The van der Waals surface area contributed by atoms with Gasteiger partial charge in [0.1, 0.15) is 0 Å². The van der Waals surface area contributed by atoms with Crippen LogP contribution in [0.3, 0.4) is 0 Å². The Morgan fingerprint density at radius 1 is 1.15 bits per heavy atom. The number of hydrogen-bond acceptors (Lipinski definition) is 3. The molecule has 0 atom stereocenters. The van der Waals surface area contributed by atoms with Crippen LogP contribution in [0.15, 0.2) is 18.2 Å². The number of aryl methyl sites for hydroxylation is 1. The Bertz CT molecular complexity index is 427. The average Bonchev–Trinajstić information content (AvgIpc) is 2.43. The Balaban J connectivity index is 2.93. The first-order valence-corrected chi connectivity index (χ1v) is 7.58. The first-order chi connectivity index (χ1) is 9.61. The number of nitrogens with zero attached hydrogens (tertiary/aromatic N) is 1. The number of unbranched alkanes of at least 4 members (excludes halogenated alkanes) is 3. The Kier molecular flexibility index (Phi) is 7.13. The normalized spacial score (nSPS) is 10.4. The second-order valence-corrected chi connectivity index (χ2v) is 5.24. The second-order valence-electron chi connectivity index (χ2n) is 5.24. The first-order valence-electron chi connectivity index (χ1n) is 7.58. The van der Waals surface area contributed by atoms with Crippen molar-refractivity contribution in [3.63, 3.8) is 0 Å². The first kappa shape index (κ1) is 16.5. The van der Waals surface area contributed by atoms with Crippen LogP contribution in [0.25, 0.3) is 0 Å². The van der Waals surface area contributed by atoms with Gasteiger partial charge in [0.05, 0.1) is 17.9 Å². The Morgan fingerprint density at radius 3 is 2.50 bits per heavy atom. The minimum atomic E-state index is -0.230. The molecule has 0 fully saturated rings. The van der Waals surface area contributed by atoms with Crippen molar-refractivity contribution >= 4 is 11.7 Å². The van der Waals surface area contributed by atoms with Gasteiger partial charge in [0.25, 0.3) is 0 Å². The molecule has 0 saturated carbocycles. The summed E-state index contributed by atoms with van der Waals surface area (Å²) in [7, 11) is 3.96. The van der Waals surface area contributed by atoms with Crippen LogP contribution in [-0.2, 0) is 11.2 Å². The standard InChI is InChI=1S/C17H27NO2/c1-5-7-8-9-11-14-12-10-13-15(16(14)18(3)4)17(19)20-6-2/h10,12-13H,5-9,11H2,1-4H3. The molecule has 1 rings (SSSR count). The van der Waals surface area contributed by atoms with E-state index in [1.165, 1.54) is 31.2 Å². The van der Waals surface area contributed by atoms with Gasteiger partial charge in [0.2, 0.25) is 0 Å². The number of esters is 1. The van der Waals surface area contributed by atoms with E-state index in [4.69, 9.17) is 4.74 Å². The van der Waals surface area contributed by atoms with Crippen molar-refractivity contribution in [2.45, 2.75) is 46.0 Å². The van der Waals surface area contributed by atoms with Crippen LogP contribution >= 0.6 is 0 Å². The van der Waals surface area contributed by atoms with Crippen LogP contribution in [0.1, 0.15) is 55.5 Å². The molecule has 0 saturated heterocycles. The molecule has 1 aromatic carbocycles. The van der Waals surface area contributed by atoms with Crippen LogP contribution in [0.2, 0.25) is 0 Å². The van der Waals surface area contributed by atoms with Crippen LogP contribution in [0.4, 0.5) is 5.69 Å². The summed E-state index contributed by atoms with van der Waals surface area (Å²) >= 11 is 0. The van der Waals surface area contributed by atoms with Gasteiger partial charge in [-0.15, -0.1) is 0 Å². The summed E-state index contributed by atoms with van der Waals surface area (Å²) in [4.78, 5) is 14.1. The van der Waals surface area contributed by atoms with Crippen molar-refractivity contribution in [3.8, 4) is 0 Å². The summed E-state index contributed by atoms with van der Waals surface area (Å²) in [5, 5.41) is 0. The van der Waals surface area contributed by atoms with E-state index < -0.39 is 0 Å². The topological polar surface area (TPSA) is 29.5 Å². The predicted octanol–water partition coefficient (Wildman–Crippen LogP) is 4.05. The zero-order valence-corrected chi connectivity index (χ0v) is 13.2. The van der Waals surface area contributed by atoms with Gasteiger partial charge in [-0.2, -0.15) is 0 Å². The van der Waals surface area contributed by atoms with E-state index in [1.54, 1.807) is 0 Å². The number of para-hydroxylation sites is 1. The van der Waals surface area contributed by atoms with Crippen molar-refractivity contribution in [1.29, 1.82) is 0 Å². The lowest BCUT2D eigenvalue weighted by molar-refractivity contribution is 0.0527. The number of carbonyl (C=O) groups is 1. The molecule has 0 spiro atoms. The van der Waals surface area contributed by atoms with Crippen molar-refractivity contribution < 1.29 is 9.53 Å². The highest BCUT2D eigenvalue weighted by Crippen LogP contribution is 2.26. The van der Waals surface area contributed by atoms with E-state index in [0.29, 0.717) is 12.2 Å². The number of benzene rings is 1. The van der Waals surface area contributed by atoms with Gasteiger partial charge in [-0.25, -0.2) is 4.79 Å². The molecule has 0 aromatic heterocycles. The zero-order valence-electron chi connectivity index (χ0n) is 13.2. The monoisotopic (exact) mass is 277 g/mol. The fourth-order valence-electron chi connectivity index (χ4n) is 2.44. The number of carbonyl (C=O) groups excluding carboxylic acids is 1. The Hall–Kier alpha value is -1.51. The summed E-state index contributed by atoms with van der Waals surface area (Å²) in [6.07, 6.45) is 5.94. The van der Waals surface area contributed by atoms with Crippen LogP contribution in [0.5, 0.6) is 0 Å². The third-order valence-electron chi connectivity index (χ3n) is 3.36. The highest BCUT2D eigenvalue weighted by Gasteiger charge is 2.17. The minimum Gasteiger partial charge on any atom is -0.462 e. The molecule has 1 aromatic rings. The molecule has 0 aliphatic heterocycles. The Morgan fingerprint density at radius 2 is 1.90 bits per heavy atom. The zero-order chi connectivity index (χ0) is 15.0. The minimum absolute atomic E-state index is 0.230. The maximum Gasteiger partial charge on any atom is 0.340 e. The molecule has 20 heavy (non-hydrogen) atoms. The van der Waals surface area contributed by atoms with E-state index in [2.05, 4.69) is 13.0 Å². The van der Waals surface area contributed by atoms with Crippen molar-refractivity contribution in [2.75, 3.05) is 25.6 Å². The van der Waals surface area contributed by atoms with E-state index in [-0.39, 0.29) is 5.97 Å². The molecule has 0 N–H and O–H groups in total. The molecule has 0 amide bonds. The van der Waals surface area contributed by atoms with Crippen molar-refractivity contribution in [3.05, 3.63) is 29.3 Å². The third kappa shape index (κ3) is 4.55. The number of rotatable bonds is 8. The van der Waals surface area contributed by atoms with Gasteiger partial charge in [0, 0.05) is 14.1 Å². The molecule has 0 unspecified atom stereocenters. The van der Waals surface area contributed by atoms with Crippen LogP contribution in [0, 0.1) is 0 Å². The van der Waals surface area contributed by atoms with E-state index in [0.717, 1.165) is 12.1 Å². The van der Waals surface area contributed by atoms with Gasteiger partial charge in [-0.05, 0) is 31.4 Å². The second kappa shape index (κ2) is 8.62. The Labute approximate surface area is 122 Å². The van der Waals surface area contributed by atoms with E-state index >= 15 is 0 Å². The lowest BCUT2D eigenvalue weighted by Gasteiger charge is -2.21. The molecule has 0 aliphatic carbocycles. The quantitative estimate of drug-likeness (QED) is 0.530. The number of anilines is 1. The lowest BCUT2D eigenvalue weighted by atomic mass is 10.0. The highest BCUT2D eigenvalue weighted by atomic mass is 16.5. The molecule has 0 heterocycles. The van der Waals surface area contributed by atoms with Gasteiger partial charge in [0.15, 0.2) is 0 Å². The third-order valence-corrected chi connectivity index (χ3v) is 3.36. The number of ether oxygens (including phenoxy) is 1. The van der Waals surface area contributed by atoms with Crippen LogP contribution in [-0.4, -0.2) is 26.7 Å². The van der Waals surface area contributed by atoms with Gasteiger partial charge >= 0.3 is 5.97 Å². The van der Waals surface area contributed by atoms with E-state index in [1.807, 2.05) is 38.1 Å². The van der Waals surface area contributed by atoms with Gasteiger partial charge in [-0.1, -0.05) is 38.3 Å². The van der Waals surface area contributed by atoms with Crippen molar-refractivity contribution in [2.24, 2.45) is 0 Å². The highest BCUT2D eigenvalue weighted by molar-refractivity contribution is 5.96. The summed E-state index contributed by atoms with van der Waals surface area (Å²) in [5.41, 5.74) is 2.91. The molecular weight excluding hydrogens is 250 g/mol. The lowest BCUT2D eigenvalue weighted by Crippen LogP contribution is -2.17. The molecule has 112 valence electrons. The molecular formula is C17H27NO2. The fraction of sp³-hybridized carbons (Fsp3) is 0.588. The summed E-state index contributed by atoms with van der Waals surface area (Å²) in [5.74, 6) is -0.230. The number of hydrogen-bond donors (Lipinski definition) is 0. The largest absolute Gasteiger partial charge is 0.462 e. The van der Waals surface area contributed by atoms with E-state index in [9.17, 15) is 4.79 Å². The average molecular weight is 277 g/mol. The summed E-state index contributed by atoms with van der Waals surface area (Å²) in [6, 6.07) is 5.92. The molecule has 3 nitrogen and oxygen atoms in total. The fourth-order valence-corrected chi connectivity index (χ4v) is 2.44. The summed E-state index contributed by atoms with van der Waals surface area (Å²) in [6.45, 7) is 4.46. The maximum atomic E-state index is 12.0. The van der Waals surface area contributed by atoms with Crippen molar-refractivity contribution in [1.82, 2.24) is 0 Å².